The first-order valence-electron chi connectivity index (χ1n) is 6.27. The van der Waals surface area contributed by atoms with Gasteiger partial charge in [-0.3, -0.25) is 0 Å². The van der Waals surface area contributed by atoms with E-state index >= 15 is 0 Å². The van der Waals surface area contributed by atoms with E-state index in [0.717, 1.165) is 16.7 Å². The minimum atomic E-state index is 0. The van der Waals surface area contributed by atoms with Gasteiger partial charge in [-0.2, -0.15) is 30.3 Å². The Hall–Kier alpha value is -2.40. The van der Waals surface area contributed by atoms with E-state index in [-0.39, 0.29) is 17.1 Å². The number of hydrogen-bond acceptors (Lipinski definition) is 2. The molecule has 3 aromatic carbocycles. The van der Waals surface area contributed by atoms with Gasteiger partial charge in [0.05, 0.1) is 0 Å². The normalized spacial score (nSPS) is 8.90. The van der Waals surface area contributed by atoms with Gasteiger partial charge in [0.1, 0.15) is 0 Å². The van der Waals surface area contributed by atoms with Gasteiger partial charge in [0.15, 0.2) is 0 Å². The summed E-state index contributed by atoms with van der Waals surface area (Å²) in [4.78, 5) is 0. The smallest absolute Gasteiger partial charge is 0.427 e. The molecule has 3 heteroatoms. The van der Waals surface area contributed by atoms with Crippen LogP contribution in [0.5, 0.6) is 0 Å². The molecule has 0 fully saturated rings. The van der Waals surface area contributed by atoms with Crippen LogP contribution >= 0.6 is 0 Å². The van der Waals surface area contributed by atoms with Gasteiger partial charge in [0.2, 0.25) is 0 Å². The summed E-state index contributed by atoms with van der Waals surface area (Å²) in [6, 6.07) is 21.4. The van der Waals surface area contributed by atoms with E-state index in [9.17, 15) is 0 Å². The van der Waals surface area contributed by atoms with Crippen LogP contribution in [0.1, 0.15) is 5.56 Å². The average molecular weight is 316 g/mol. The van der Waals surface area contributed by atoms with Crippen molar-refractivity contribution in [2.75, 3.05) is 11.5 Å². The molecule has 0 atom stereocenters. The monoisotopic (exact) mass is 316 g/mol. The summed E-state index contributed by atoms with van der Waals surface area (Å²) in [6.07, 6.45) is 5.43. The van der Waals surface area contributed by atoms with Gasteiger partial charge in [-0.05, 0) is 11.3 Å². The van der Waals surface area contributed by atoms with E-state index in [2.05, 4.69) is 5.92 Å². The number of rotatable bonds is 1. The second-order valence-corrected chi connectivity index (χ2v) is 4.27. The van der Waals surface area contributed by atoms with Crippen LogP contribution in [0.15, 0.2) is 66.7 Å². The van der Waals surface area contributed by atoms with Crippen LogP contribution in [-0.4, -0.2) is 0 Å². The van der Waals surface area contributed by atoms with Crippen molar-refractivity contribution in [2.45, 2.75) is 0 Å². The number of anilines is 2. The van der Waals surface area contributed by atoms with Crippen LogP contribution in [0.4, 0.5) is 11.4 Å². The van der Waals surface area contributed by atoms with Crippen LogP contribution in [-0.2, 0) is 17.1 Å². The van der Waals surface area contributed by atoms with E-state index in [4.69, 9.17) is 17.9 Å². The summed E-state index contributed by atoms with van der Waals surface area (Å²) in [7, 11) is 0. The van der Waals surface area contributed by atoms with Crippen LogP contribution in [0.25, 0.3) is 11.1 Å². The first-order chi connectivity index (χ1) is 9.74. The van der Waals surface area contributed by atoms with Crippen molar-refractivity contribution >= 4 is 11.4 Å². The molecule has 0 saturated carbocycles. The van der Waals surface area contributed by atoms with Crippen molar-refractivity contribution in [3.63, 3.8) is 0 Å². The summed E-state index contributed by atoms with van der Waals surface area (Å²) in [5.41, 5.74) is 15.4. The molecule has 0 saturated heterocycles. The molecule has 0 heterocycles. The molecule has 106 valence electrons. The molecule has 0 aromatic heterocycles. The second kappa shape index (κ2) is 8.01. The van der Waals surface area contributed by atoms with Crippen molar-refractivity contribution in [3.8, 4) is 23.5 Å². The Bertz CT molecular complexity index is 672. The van der Waals surface area contributed by atoms with Crippen molar-refractivity contribution in [3.05, 3.63) is 72.3 Å². The Morgan fingerprint density at radius 1 is 1.00 bits per heavy atom. The van der Waals surface area contributed by atoms with Gasteiger partial charge < -0.3 is 11.5 Å². The van der Waals surface area contributed by atoms with Gasteiger partial charge in [-0.15, -0.1) is 24.5 Å². The first-order valence-corrected chi connectivity index (χ1v) is 6.27. The molecule has 0 radical (unpaired) electrons. The number of terminal acetylenes is 1. The van der Waals surface area contributed by atoms with Crippen LogP contribution < -0.4 is 11.5 Å². The van der Waals surface area contributed by atoms with Crippen molar-refractivity contribution in [2.24, 2.45) is 0 Å². The molecule has 0 unspecified atom stereocenters. The number of nitrogen functional groups attached to an aromatic ring is 2. The van der Waals surface area contributed by atoms with E-state index in [1.807, 2.05) is 60.7 Å². The Morgan fingerprint density at radius 3 is 2.10 bits per heavy atom. The Balaban J connectivity index is 0.000000313. The summed E-state index contributed by atoms with van der Waals surface area (Å²) in [6.45, 7) is 0. The maximum absolute atomic E-state index is 5.93. The van der Waals surface area contributed by atoms with Crippen molar-refractivity contribution in [1.82, 2.24) is 0 Å². The van der Waals surface area contributed by atoms with E-state index in [1.165, 1.54) is 0 Å². The average Bonchev–Trinajstić information content (AvgIpc) is 3.17. The third-order valence-electron chi connectivity index (χ3n) is 2.94. The van der Waals surface area contributed by atoms with E-state index < -0.39 is 0 Å². The maximum Gasteiger partial charge on any atom is 2.00 e. The number of nitrogens with two attached hydrogens (primary N) is 2. The standard InChI is InChI=1S/C13H11N2.C5H5.Fe/c1-2-9-7-8-11(14)13(15)12(9)10-5-3-4-6-10;1-2-4-5-3-1;/h1,3-8H,14-15H2;1-5H;/q2*-1;+2. The predicted molar refractivity (Wildman–Crippen MR) is 86.3 cm³/mol. The molecule has 2 nitrogen and oxygen atoms in total. The fourth-order valence-corrected chi connectivity index (χ4v) is 1.93. The van der Waals surface area contributed by atoms with Crippen molar-refractivity contribution in [1.29, 1.82) is 0 Å². The van der Waals surface area contributed by atoms with Gasteiger partial charge >= 0.3 is 17.1 Å². The van der Waals surface area contributed by atoms with E-state index in [0.29, 0.717) is 11.4 Å². The van der Waals surface area contributed by atoms with Crippen LogP contribution in [0, 0.1) is 12.3 Å². The summed E-state index contributed by atoms with van der Waals surface area (Å²) < 4.78 is 0. The molecule has 21 heavy (non-hydrogen) atoms. The number of hydrogen-bond donors (Lipinski definition) is 2. The fraction of sp³-hybridized carbons (Fsp3) is 0. The van der Waals surface area contributed by atoms with Gasteiger partial charge in [0.25, 0.3) is 0 Å². The molecular formula is C18H16FeN2. The van der Waals surface area contributed by atoms with Gasteiger partial charge in [-0.1, -0.05) is 23.3 Å². The molecule has 0 amide bonds. The zero-order valence-corrected chi connectivity index (χ0v) is 12.5. The zero-order valence-electron chi connectivity index (χ0n) is 11.4. The Kier molecular flexibility index (Phi) is 6.36. The summed E-state index contributed by atoms with van der Waals surface area (Å²) in [5, 5.41) is 0. The summed E-state index contributed by atoms with van der Waals surface area (Å²) in [5.74, 6) is 2.62. The molecule has 0 bridgehead atoms. The maximum atomic E-state index is 5.93. The molecule has 0 aliphatic carbocycles. The Labute approximate surface area is 136 Å². The van der Waals surface area contributed by atoms with Gasteiger partial charge in [0, 0.05) is 5.69 Å². The Morgan fingerprint density at radius 2 is 1.62 bits per heavy atom. The SMILES string of the molecule is C#Cc1ccc(N)c(N)c1-[c-]1cccc1.[Fe+2].c1cc[cH-]c1. The summed E-state index contributed by atoms with van der Waals surface area (Å²) >= 11 is 0. The topological polar surface area (TPSA) is 52.0 Å². The first kappa shape index (κ1) is 16.7. The van der Waals surface area contributed by atoms with E-state index in [1.54, 1.807) is 6.07 Å². The molecule has 4 N–H and O–H groups in total. The molecular weight excluding hydrogens is 300 g/mol. The minimum Gasteiger partial charge on any atom is -0.427 e. The van der Waals surface area contributed by atoms with Crippen LogP contribution in [0.2, 0.25) is 0 Å². The molecule has 3 aromatic rings. The second-order valence-electron chi connectivity index (χ2n) is 4.27. The molecule has 0 aliphatic heterocycles. The molecule has 3 rings (SSSR count). The quantitative estimate of drug-likeness (QED) is 0.312. The third-order valence-corrected chi connectivity index (χ3v) is 2.94. The largest absolute Gasteiger partial charge is 2.00 e. The van der Waals surface area contributed by atoms with Gasteiger partial charge in [-0.25, -0.2) is 12.1 Å². The van der Waals surface area contributed by atoms with Crippen molar-refractivity contribution < 1.29 is 17.1 Å². The zero-order chi connectivity index (χ0) is 14.4. The fourth-order valence-electron chi connectivity index (χ4n) is 1.93. The van der Waals surface area contributed by atoms with Crippen LogP contribution in [0.3, 0.4) is 0 Å². The predicted octanol–water partition coefficient (Wildman–Crippen LogP) is 3.62. The number of benzene rings is 1. The molecule has 0 spiro atoms. The molecule has 0 aliphatic rings. The minimum absolute atomic E-state index is 0. The third kappa shape index (κ3) is 4.03.